The summed E-state index contributed by atoms with van der Waals surface area (Å²) in [5.41, 5.74) is 2.66. The fourth-order valence-electron chi connectivity index (χ4n) is 1.57. The van der Waals surface area contributed by atoms with E-state index >= 15 is 0 Å². The molecule has 0 atom stereocenters. The van der Waals surface area contributed by atoms with E-state index < -0.39 is 0 Å². The van der Waals surface area contributed by atoms with Crippen LogP contribution < -0.4 is 0 Å². The number of nitriles is 1. The summed E-state index contributed by atoms with van der Waals surface area (Å²) >= 11 is 1.56. The molecule has 0 saturated heterocycles. The van der Waals surface area contributed by atoms with Crippen LogP contribution in [0.4, 0.5) is 0 Å². The van der Waals surface area contributed by atoms with Crippen molar-refractivity contribution in [3.8, 4) is 6.07 Å². The van der Waals surface area contributed by atoms with Gasteiger partial charge in [0.2, 0.25) is 0 Å². The highest BCUT2D eigenvalue weighted by Crippen LogP contribution is 2.31. The van der Waals surface area contributed by atoms with Crippen LogP contribution in [0.3, 0.4) is 0 Å². The summed E-state index contributed by atoms with van der Waals surface area (Å²) in [5.74, 6) is 0. The quantitative estimate of drug-likeness (QED) is 0.774. The van der Waals surface area contributed by atoms with Crippen LogP contribution in [-0.4, -0.2) is 5.11 Å². The lowest BCUT2D eigenvalue weighted by Crippen LogP contribution is -1.86. The van der Waals surface area contributed by atoms with E-state index in [4.69, 9.17) is 10.4 Å². The molecule has 0 aliphatic carbocycles. The molecule has 0 bridgehead atoms. The molecule has 2 nitrogen and oxygen atoms in total. The number of thiophene rings is 1. The number of hydrogen-bond acceptors (Lipinski definition) is 3. The molecule has 1 heterocycles. The largest absolute Gasteiger partial charge is 0.392 e. The minimum atomic E-state index is -0.0117. The minimum absolute atomic E-state index is 0.0117. The number of aliphatic hydroxyl groups excluding tert-OH is 1. The van der Waals surface area contributed by atoms with Crippen LogP contribution in [0.25, 0.3) is 10.1 Å². The molecule has 0 unspecified atom stereocenters. The number of hydrogen-bond donors (Lipinski definition) is 1. The second kappa shape index (κ2) is 3.41. The van der Waals surface area contributed by atoms with Crippen LogP contribution in [0.1, 0.15) is 16.7 Å². The first-order chi connectivity index (χ1) is 6.77. The maximum absolute atomic E-state index is 9.16. The van der Waals surface area contributed by atoms with E-state index in [0.29, 0.717) is 5.56 Å². The highest BCUT2D eigenvalue weighted by Gasteiger charge is 2.09. The maximum atomic E-state index is 9.16. The van der Waals surface area contributed by atoms with Gasteiger partial charge >= 0.3 is 0 Å². The monoisotopic (exact) mass is 203 g/mol. The fraction of sp³-hybridized carbons (Fsp3) is 0.182. The lowest BCUT2D eigenvalue weighted by atomic mass is 10.0. The predicted octanol–water partition coefficient (Wildman–Crippen LogP) is 2.57. The molecule has 0 fully saturated rings. The summed E-state index contributed by atoms with van der Waals surface area (Å²) in [4.78, 5) is 0. The molecule has 0 aliphatic heterocycles. The first-order valence-electron chi connectivity index (χ1n) is 4.28. The molecule has 2 rings (SSSR count). The standard InChI is InChI=1S/C11H9NOS/c1-7-2-3-8(5-13)10-9(4-12)6-14-11(7)10/h2-3,6,13H,5H2,1H3. The molecule has 1 aromatic carbocycles. The Balaban J connectivity index is 2.90. The highest BCUT2D eigenvalue weighted by atomic mass is 32.1. The molecule has 0 aliphatic rings. The summed E-state index contributed by atoms with van der Waals surface area (Å²) in [6.07, 6.45) is 0. The molecule has 14 heavy (non-hydrogen) atoms. The van der Waals surface area contributed by atoms with Gasteiger partial charge in [0.1, 0.15) is 6.07 Å². The summed E-state index contributed by atoms with van der Waals surface area (Å²) in [6.45, 7) is 2.00. The third-order valence-corrected chi connectivity index (χ3v) is 3.41. The van der Waals surface area contributed by atoms with Gasteiger partial charge in [-0.3, -0.25) is 0 Å². The van der Waals surface area contributed by atoms with Crippen LogP contribution in [0.2, 0.25) is 0 Å². The van der Waals surface area contributed by atoms with Crippen LogP contribution in [0.5, 0.6) is 0 Å². The molecule has 1 N–H and O–H groups in total. The molecule has 0 saturated carbocycles. The zero-order chi connectivity index (χ0) is 10.1. The smallest absolute Gasteiger partial charge is 0.101 e. The Morgan fingerprint density at radius 2 is 2.29 bits per heavy atom. The maximum Gasteiger partial charge on any atom is 0.101 e. The molecular formula is C11H9NOS. The van der Waals surface area contributed by atoms with Gasteiger partial charge < -0.3 is 5.11 Å². The van der Waals surface area contributed by atoms with E-state index in [1.165, 1.54) is 0 Å². The predicted molar refractivity (Wildman–Crippen MR) is 57.2 cm³/mol. The summed E-state index contributed by atoms with van der Waals surface area (Å²) < 4.78 is 1.10. The Hall–Kier alpha value is -1.37. The molecule has 0 amide bonds. The molecule has 0 spiro atoms. The summed E-state index contributed by atoms with van der Waals surface area (Å²) in [5, 5.41) is 20.8. The third-order valence-electron chi connectivity index (χ3n) is 2.30. The van der Waals surface area contributed by atoms with Crippen molar-refractivity contribution in [2.75, 3.05) is 0 Å². The van der Waals surface area contributed by atoms with Crippen molar-refractivity contribution in [2.45, 2.75) is 13.5 Å². The van der Waals surface area contributed by atoms with Gasteiger partial charge in [-0.25, -0.2) is 0 Å². The number of aryl methyl sites for hydroxylation is 1. The Morgan fingerprint density at radius 1 is 1.50 bits per heavy atom. The second-order valence-corrected chi connectivity index (χ2v) is 4.04. The second-order valence-electron chi connectivity index (χ2n) is 3.17. The highest BCUT2D eigenvalue weighted by molar-refractivity contribution is 7.17. The average Bonchev–Trinajstić information content (AvgIpc) is 2.63. The number of aliphatic hydroxyl groups is 1. The molecule has 3 heteroatoms. The third kappa shape index (κ3) is 1.20. The Kier molecular flexibility index (Phi) is 2.24. The van der Waals surface area contributed by atoms with E-state index in [1.807, 2.05) is 24.4 Å². The van der Waals surface area contributed by atoms with Gasteiger partial charge in [-0.15, -0.1) is 11.3 Å². The Labute approximate surface area is 86.0 Å². The Morgan fingerprint density at radius 3 is 2.93 bits per heavy atom. The van der Waals surface area contributed by atoms with Crippen molar-refractivity contribution in [3.63, 3.8) is 0 Å². The van der Waals surface area contributed by atoms with E-state index in [2.05, 4.69) is 6.07 Å². The van der Waals surface area contributed by atoms with Crippen LogP contribution >= 0.6 is 11.3 Å². The zero-order valence-electron chi connectivity index (χ0n) is 7.74. The summed E-state index contributed by atoms with van der Waals surface area (Å²) in [7, 11) is 0. The minimum Gasteiger partial charge on any atom is -0.392 e. The lowest BCUT2D eigenvalue weighted by molar-refractivity contribution is 0.283. The van der Waals surface area contributed by atoms with E-state index in [-0.39, 0.29) is 6.61 Å². The van der Waals surface area contributed by atoms with Gasteiger partial charge in [-0.1, -0.05) is 12.1 Å². The summed E-state index contributed by atoms with van der Waals surface area (Å²) in [6, 6.07) is 6.01. The fourth-order valence-corrected chi connectivity index (χ4v) is 2.58. The normalized spacial score (nSPS) is 10.4. The van der Waals surface area contributed by atoms with Crippen LogP contribution in [-0.2, 0) is 6.61 Å². The van der Waals surface area contributed by atoms with Crippen molar-refractivity contribution in [1.82, 2.24) is 0 Å². The van der Waals surface area contributed by atoms with Gasteiger partial charge in [-0.05, 0) is 18.1 Å². The van der Waals surface area contributed by atoms with Crippen LogP contribution in [0, 0.1) is 18.3 Å². The van der Waals surface area contributed by atoms with Crippen molar-refractivity contribution in [2.24, 2.45) is 0 Å². The molecule has 0 radical (unpaired) electrons. The molecular weight excluding hydrogens is 194 g/mol. The molecule has 1 aromatic heterocycles. The topological polar surface area (TPSA) is 44.0 Å². The van der Waals surface area contributed by atoms with Gasteiger partial charge in [-0.2, -0.15) is 5.26 Å². The van der Waals surface area contributed by atoms with Crippen molar-refractivity contribution in [1.29, 1.82) is 5.26 Å². The van der Waals surface area contributed by atoms with Gasteiger partial charge in [0.25, 0.3) is 0 Å². The number of rotatable bonds is 1. The first kappa shape index (κ1) is 9.20. The average molecular weight is 203 g/mol. The van der Waals surface area contributed by atoms with Crippen LogP contribution in [0.15, 0.2) is 17.5 Å². The zero-order valence-corrected chi connectivity index (χ0v) is 8.56. The van der Waals surface area contributed by atoms with Gasteiger partial charge in [0.15, 0.2) is 0 Å². The molecule has 70 valence electrons. The van der Waals surface area contributed by atoms with Crippen molar-refractivity contribution in [3.05, 3.63) is 34.2 Å². The van der Waals surface area contributed by atoms with Gasteiger partial charge in [0.05, 0.1) is 12.2 Å². The first-order valence-corrected chi connectivity index (χ1v) is 5.16. The molecule has 2 aromatic rings. The van der Waals surface area contributed by atoms with Gasteiger partial charge in [0, 0.05) is 15.5 Å². The van der Waals surface area contributed by atoms with E-state index in [0.717, 1.165) is 21.2 Å². The lowest BCUT2D eigenvalue weighted by Gasteiger charge is -2.01. The number of fused-ring (bicyclic) bond motifs is 1. The van der Waals surface area contributed by atoms with Crippen molar-refractivity contribution < 1.29 is 5.11 Å². The SMILES string of the molecule is Cc1ccc(CO)c2c(C#N)csc12. The number of benzene rings is 1. The van der Waals surface area contributed by atoms with E-state index in [1.54, 1.807) is 11.3 Å². The Bertz CT molecular complexity index is 522. The number of nitrogens with zero attached hydrogens (tertiary/aromatic N) is 1. The van der Waals surface area contributed by atoms with E-state index in [9.17, 15) is 0 Å². The van der Waals surface area contributed by atoms with Crippen molar-refractivity contribution >= 4 is 21.4 Å².